The second kappa shape index (κ2) is 5.84. The van der Waals surface area contributed by atoms with E-state index in [1.165, 1.54) is 17.7 Å². The Morgan fingerprint density at radius 1 is 1.20 bits per heavy atom. The third-order valence-electron chi connectivity index (χ3n) is 4.17. The molecule has 1 aromatic carbocycles. The molecule has 106 valence electrons. The van der Waals surface area contributed by atoms with E-state index in [9.17, 15) is 0 Å². The lowest BCUT2D eigenvalue weighted by atomic mass is 10.1. The van der Waals surface area contributed by atoms with Gasteiger partial charge in [0.1, 0.15) is 11.5 Å². The Labute approximate surface area is 121 Å². The first kappa shape index (κ1) is 13.4. The summed E-state index contributed by atoms with van der Waals surface area (Å²) < 4.78 is 5.92. The summed E-state index contributed by atoms with van der Waals surface area (Å²) in [6, 6.07) is 15.3. The summed E-state index contributed by atoms with van der Waals surface area (Å²) in [6.45, 7) is 5.32. The van der Waals surface area contributed by atoms with Gasteiger partial charge in [0.15, 0.2) is 0 Å². The lowest BCUT2D eigenvalue weighted by Gasteiger charge is -2.12. The normalized spacial score (nSPS) is 22.7. The minimum absolute atomic E-state index is 0.450. The molecular formula is C18H23NO. The van der Waals surface area contributed by atoms with Gasteiger partial charge in [-0.25, -0.2) is 0 Å². The summed E-state index contributed by atoms with van der Waals surface area (Å²) in [5.41, 5.74) is 1.37. The van der Waals surface area contributed by atoms with Crippen molar-refractivity contribution >= 4 is 0 Å². The van der Waals surface area contributed by atoms with Crippen LogP contribution >= 0.6 is 0 Å². The van der Waals surface area contributed by atoms with Crippen LogP contribution in [0.25, 0.3) is 0 Å². The molecule has 0 bridgehead atoms. The maximum Gasteiger partial charge on any atom is 0.117 e. The summed E-state index contributed by atoms with van der Waals surface area (Å²) >= 11 is 0. The summed E-state index contributed by atoms with van der Waals surface area (Å²) in [5.74, 6) is 3.70. The average molecular weight is 269 g/mol. The van der Waals surface area contributed by atoms with Gasteiger partial charge in [0.05, 0.1) is 6.54 Å². The van der Waals surface area contributed by atoms with Gasteiger partial charge in [-0.3, -0.25) is 0 Å². The first-order chi connectivity index (χ1) is 9.72. The molecule has 20 heavy (non-hydrogen) atoms. The monoisotopic (exact) mass is 269 g/mol. The minimum Gasteiger partial charge on any atom is -0.464 e. The Hall–Kier alpha value is -1.54. The Morgan fingerprint density at radius 3 is 2.65 bits per heavy atom. The molecule has 1 N–H and O–H groups in total. The third-order valence-corrected chi connectivity index (χ3v) is 4.17. The Bertz CT molecular complexity index is 546. The smallest absolute Gasteiger partial charge is 0.117 e. The molecule has 1 aliphatic rings. The molecule has 0 aliphatic heterocycles. The lowest BCUT2D eigenvalue weighted by molar-refractivity contribution is 0.426. The molecule has 1 aromatic heterocycles. The van der Waals surface area contributed by atoms with E-state index in [2.05, 4.69) is 61.6 Å². The van der Waals surface area contributed by atoms with E-state index < -0.39 is 0 Å². The van der Waals surface area contributed by atoms with Crippen molar-refractivity contribution in [2.24, 2.45) is 5.92 Å². The van der Waals surface area contributed by atoms with Crippen molar-refractivity contribution in [1.82, 2.24) is 5.32 Å². The van der Waals surface area contributed by atoms with Crippen LogP contribution in [0, 0.1) is 5.92 Å². The number of furan rings is 1. The number of hydrogen-bond acceptors (Lipinski definition) is 2. The highest BCUT2D eigenvalue weighted by molar-refractivity contribution is 5.18. The summed E-state index contributed by atoms with van der Waals surface area (Å²) in [4.78, 5) is 0. The zero-order valence-corrected chi connectivity index (χ0v) is 12.3. The van der Waals surface area contributed by atoms with Crippen LogP contribution < -0.4 is 5.32 Å². The molecular weight excluding hydrogens is 246 g/mol. The standard InChI is InChI=1S/C18H23NO/c1-13-10-17(13)18-9-8-16(20-18)12-19-14(2)11-15-6-4-3-5-7-15/h3-9,13-14,17,19H,10-12H2,1-2H3. The van der Waals surface area contributed by atoms with Crippen molar-refractivity contribution in [2.75, 3.05) is 0 Å². The van der Waals surface area contributed by atoms with Crippen LogP contribution in [-0.4, -0.2) is 6.04 Å². The molecule has 1 saturated carbocycles. The highest BCUT2D eigenvalue weighted by Crippen LogP contribution is 2.47. The molecule has 1 fully saturated rings. The highest BCUT2D eigenvalue weighted by atomic mass is 16.3. The summed E-state index contributed by atoms with van der Waals surface area (Å²) in [6.07, 6.45) is 2.33. The Kier molecular flexibility index (Phi) is 3.93. The molecule has 0 saturated heterocycles. The van der Waals surface area contributed by atoms with Gasteiger partial charge in [-0.05, 0) is 43.4 Å². The van der Waals surface area contributed by atoms with Gasteiger partial charge in [0, 0.05) is 12.0 Å². The number of hydrogen-bond donors (Lipinski definition) is 1. The largest absolute Gasteiger partial charge is 0.464 e. The first-order valence-corrected chi connectivity index (χ1v) is 7.58. The molecule has 2 heteroatoms. The van der Waals surface area contributed by atoms with Crippen LogP contribution in [-0.2, 0) is 13.0 Å². The Morgan fingerprint density at radius 2 is 1.95 bits per heavy atom. The van der Waals surface area contributed by atoms with Crippen LogP contribution in [0.3, 0.4) is 0 Å². The van der Waals surface area contributed by atoms with Crippen LogP contribution in [0.4, 0.5) is 0 Å². The lowest BCUT2D eigenvalue weighted by Crippen LogP contribution is -2.27. The van der Waals surface area contributed by atoms with E-state index in [-0.39, 0.29) is 0 Å². The first-order valence-electron chi connectivity index (χ1n) is 7.58. The molecule has 2 nitrogen and oxygen atoms in total. The van der Waals surface area contributed by atoms with Gasteiger partial charge in [0.2, 0.25) is 0 Å². The average Bonchev–Trinajstić information content (AvgIpc) is 3.01. The quantitative estimate of drug-likeness (QED) is 0.853. The summed E-state index contributed by atoms with van der Waals surface area (Å²) in [7, 11) is 0. The fraction of sp³-hybridized carbons (Fsp3) is 0.444. The van der Waals surface area contributed by atoms with Gasteiger partial charge < -0.3 is 9.73 Å². The van der Waals surface area contributed by atoms with Crippen molar-refractivity contribution in [3.8, 4) is 0 Å². The van der Waals surface area contributed by atoms with E-state index in [1.807, 2.05) is 0 Å². The fourth-order valence-corrected chi connectivity index (χ4v) is 2.72. The van der Waals surface area contributed by atoms with E-state index in [0.29, 0.717) is 12.0 Å². The van der Waals surface area contributed by atoms with E-state index in [1.54, 1.807) is 0 Å². The van der Waals surface area contributed by atoms with Crippen molar-refractivity contribution in [3.63, 3.8) is 0 Å². The maximum atomic E-state index is 5.92. The fourth-order valence-electron chi connectivity index (χ4n) is 2.72. The topological polar surface area (TPSA) is 25.2 Å². The van der Waals surface area contributed by atoms with E-state index in [4.69, 9.17) is 4.42 Å². The van der Waals surface area contributed by atoms with E-state index >= 15 is 0 Å². The highest BCUT2D eigenvalue weighted by Gasteiger charge is 2.36. The van der Waals surface area contributed by atoms with Crippen molar-refractivity contribution < 1.29 is 4.42 Å². The number of benzene rings is 1. The van der Waals surface area contributed by atoms with Crippen LogP contribution in [0.2, 0.25) is 0 Å². The molecule has 1 aliphatic carbocycles. The number of nitrogens with one attached hydrogen (secondary N) is 1. The number of rotatable bonds is 6. The molecule has 1 heterocycles. The molecule has 0 radical (unpaired) electrons. The van der Waals surface area contributed by atoms with Gasteiger partial charge in [0.25, 0.3) is 0 Å². The maximum absolute atomic E-state index is 5.92. The molecule has 0 amide bonds. The van der Waals surface area contributed by atoms with Crippen molar-refractivity contribution in [3.05, 3.63) is 59.5 Å². The minimum atomic E-state index is 0.450. The van der Waals surface area contributed by atoms with Crippen molar-refractivity contribution in [2.45, 2.75) is 45.2 Å². The summed E-state index contributed by atoms with van der Waals surface area (Å²) in [5, 5.41) is 3.54. The van der Waals surface area contributed by atoms with Crippen LogP contribution in [0.15, 0.2) is 46.9 Å². The predicted octanol–water partition coefficient (Wildman–Crippen LogP) is 4.12. The van der Waals surface area contributed by atoms with Gasteiger partial charge in [-0.1, -0.05) is 37.3 Å². The second-order valence-electron chi connectivity index (χ2n) is 6.10. The van der Waals surface area contributed by atoms with Gasteiger partial charge in [-0.15, -0.1) is 0 Å². The van der Waals surface area contributed by atoms with Crippen molar-refractivity contribution in [1.29, 1.82) is 0 Å². The zero-order chi connectivity index (χ0) is 13.9. The van der Waals surface area contributed by atoms with E-state index in [0.717, 1.165) is 24.6 Å². The SMILES string of the molecule is CC(Cc1ccccc1)NCc1ccc(C2CC2C)o1. The zero-order valence-electron chi connectivity index (χ0n) is 12.3. The molecule has 2 aromatic rings. The predicted molar refractivity (Wildman–Crippen MR) is 81.7 cm³/mol. The Balaban J connectivity index is 1.48. The van der Waals surface area contributed by atoms with Gasteiger partial charge >= 0.3 is 0 Å². The molecule has 3 rings (SSSR count). The second-order valence-corrected chi connectivity index (χ2v) is 6.10. The van der Waals surface area contributed by atoms with Crippen LogP contribution in [0.5, 0.6) is 0 Å². The molecule has 0 spiro atoms. The molecule has 3 atom stereocenters. The third kappa shape index (κ3) is 3.31. The molecule has 3 unspecified atom stereocenters. The van der Waals surface area contributed by atoms with Crippen LogP contribution in [0.1, 0.15) is 43.3 Å². The van der Waals surface area contributed by atoms with Gasteiger partial charge in [-0.2, -0.15) is 0 Å².